The summed E-state index contributed by atoms with van der Waals surface area (Å²) in [5, 5.41) is 11.5. The first-order valence-corrected chi connectivity index (χ1v) is 6.30. The second-order valence-corrected chi connectivity index (χ2v) is 4.61. The number of halogens is 1. The molecule has 2 aromatic carbocycles. The summed E-state index contributed by atoms with van der Waals surface area (Å²) in [7, 11) is 0. The van der Waals surface area contributed by atoms with E-state index >= 15 is 0 Å². The molecule has 6 heteroatoms. The van der Waals surface area contributed by atoms with Gasteiger partial charge in [-0.3, -0.25) is 9.59 Å². The van der Waals surface area contributed by atoms with Gasteiger partial charge in [0.2, 0.25) is 5.91 Å². The maximum atomic E-state index is 12.0. The van der Waals surface area contributed by atoms with E-state index in [0.717, 1.165) is 0 Å². The first-order chi connectivity index (χ1) is 10.0. The van der Waals surface area contributed by atoms with Gasteiger partial charge >= 0.3 is 0 Å². The topological polar surface area (TPSA) is 96.0 Å². The van der Waals surface area contributed by atoms with Gasteiger partial charge < -0.3 is 11.1 Å². The molecule has 0 atom stereocenters. The largest absolute Gasteiger partial charge is 0.366 e. The zero-order chi connectivity index (χ0) is 15.4. The van der Waals surface area contributed by atoms with Crippen molar-refractivity contribution < 1.29 is 9.59 Å². The number of amides is 2. The van der Waals surface area contributed by atoms with Gasteiger partial charge in [0.05, 0.1) is 22.2 Å². The van der Waals surface area contributed by atoms with Crippen LogP contribution in [0.15, 0.2) is 42.5 Å². The Kier molecular flexibility index (Phi) is 4.21. The van der Waals surface area contributed by atoms with Crippen molar-refractivity contribution in [2.24, 2.45) is 5.73 Å². The molecule has 0 radical (unpaired) electrons. The monoisotopic (exact) mass is 299 g/mol. The number of benzene rings is 2. The second-order valence-electron chi connectivity index (χ2n) is 4.20. The average Bonchev–Trinajstić information content (AvgIpc) is 2.47. The van der Waals surface area contributed by atoms with E-state index in [-0.39, 0.29) is 16.5 Å². The Hall–Kier alpha value is -2.84. The lowest BCUT2D eigenvalue weighted by atomic mass is 10.1. The highest BCUT2D eigenvalue weighted by Gasteiger charge is 2.10. The van der Waals surface area contributed by atoms with E-state index < -0.39 is 5.91 Å². The Balaban J connectivity index is 2.17. The third kappa shape index (κ3) is 3.38. The van der Waals surface area contributed by atoms with E-state index in [9.17, 15) is 9.59 Å². The minimum absolute atomic E-state index is 0.167. The van der Waals surface area contributed by atoms with Crippen LogP contribution in [0.3, 0.4) is 0 Å². The van der Waals surface area contributed by atoms with Crippen molar-refractivity contribution >= 4 is 29.1 Å². The third-order valence-electron chi connectivity index (χ3n) is 2.77. The lowest BCUT2D eigenvalue weighted by molar-refractivity contribution is 0.0998. The maximum Gasteiger partial charge on any atom is 0.255 e. The molecule has 0 saturated heterocycles. The number of anilines is 1. The molecule has 21 heavy (non-hydrogen) atoms. The quantitative estimate of drug-likeness (QED) is 0.911. The Morgan fingerprint density at radius 2 is 1.81 bits per heavy atom. The predicted molar refractivity (Wildman–Crippen MR) is 79.1 cm³/mol. The number of nitrogens with two attached hydrogens (primary N) is 1. The fourth-order valence-corrected chi connectivity index (χ4v) is 1.97. The number of nitrogens with one attached hydrogen (secondary N) is 1. The normalized spacial score (nSPS) is 9.71. The van der Waals surface area contributed by atoms with Crippen LogP contribution in [-0.4, -0.2) is 11.8 Å². The highest BCUT2D eigenvalue weighted by Crippen LogP contribution is 2.21. The SMILES string of the molecule is N#Cc1ccc(C(=O)Nc2ccc(C(N)=O)c(Cl)c2)cc1. The molecular formula is C15H10ClN3O2. The molecule has 0 unspecified atom stereocenters. The summed E-state index contributed by atoms with van der Waals surface area (Å²) in [5.74, 6) is -0.979. The van der Waals surface area contributed by atoms with E-state index in [0.29, 0.717) is 16.8 Å². The number of rotatable bonds is 3. The van der Waals surface area contributed by atoms with E-state index in [2.05, 4.69) is 5.32 Å². The molecule has 0 aliphatic rings. The number of nitrogens with zero attached hydrogens (tertiary/aromatic N) is 1. The van der Waals surface area contributed by atoms with E-state index in [4.69, 9.17) is 22.6 Å². The molecule has 3 N–H and O–H groups in total. The molecule has 0 aliphatic heterocycles. The fraction of sp³-hybridized carbons (Fsp3) is 0. The highest BCUT2D eigenvalue weighted by molar-refractivity contribution is 6.34. The van der Waals surface area contributed by atoms with Crippen molar-refractivity contribution in [2.75, 3.05) is 5.32 Å². The Labute approximate surface area is 125 Å². The zero-order valence-corrected chi connectivity index (χ0v) is 11.5. The summed E-state index contributed by atoms with van der Waals surface area (Å²) in [6, 6.07) is 12.6. The number of hydrogen-bond acceptors (Lipinski definition) is 3. The zero-order valence-electron chi connectivity index (χ0n) is 10.8. The van der Waals surface area contributed by atoms with Crippen LogP contribution in [0.2, 0.25) is 5.02 Å². The van der Waals surface area contributed by atoms with Crippen LogP contribution < -0.4 is 11.1 Å². The molecule has 0 bridgehead atoms. The van der Waals surface area contributed by atoms with Crippen molar-refractivity contribution in [3.05, 3.63) is 64.2 Å². The van der Waals surface area contributed by atoms with Crippen LogP contribution in [0.1, 0.15) is 26.3 Å². The minimum Gasteiger partial charge on any atom is -0.366 e. The summed E-state index contributed by atoms with van der Waals surface area (Å²) in [4.78, 5) is 23.1. The van der Waals surface area contributed by atoms with Crippen LogP contribution in [-0.2, 0) is 0 Å². The van der Waals surface area contributed by atoms with Crippen molar-refractivity contribution in [3.8, 4) is 6.07 Å². The molecule has 0 heterocycles. The molecule has 2 aromatic rings. The van der Waals surface area contributed by atoms with E-state index in [1.54, 1.807) is 24.3 Å². The van der Waals surface area contributed by atoms with Gasteiger partial charge in [-0.1, -0.05) is 11.6 Å². The van der Waals surface area contributed by atoms with Crippen LogP contribution in [0.5, 0.6) is 0 Å². The number of primary amides is 1. The standard InChI is InChI=1S/C15H10ClN3O2/c16-13-7-11(5-6-12(13)14(18)20)19-15(21)10-3-1-9(8-17)2-4-10/h1-7H,(H2,18,20)(H,19,21). The smallest absolute Gasteiger partial charge is 0.255 e. The summed E-state index contributed by atoms with van der Waals surface area (Å²) in [5.41, 5.74) is 6.66. The number of carbonyl (C=O) groups excluding carboxylic acids is 2. The van der Waals surface area contributed by atoms with Crippen LogP contribution in [0.4, 0.5) is 5.69 Å². The van der Waals surface area contributed by atoms with Gasteiger partial charge in [0, 0.05) is 11.3 Å². The van der Waals surface area contributed by atoms with Crippen LogP contribution >= 0.6 is 11.6 Å². The van der Waals surface area contributed by atoms with Crippen LogP contribution in [0.25, 0.3) is 0 Å². The molecule has 0 fully saturated rings. The molecule has 2 amide bonds. The molecular weight excluding hydrogens is 290 g/mol. The third-order valence-corrected chi connectivity index (χ3v) is 3.08. The van der Waals surface area contributed by atoms with Crippen molar-refractivity contribution in [1.82, 2.24) is 0 Å². The fourth-order valence-electron chi connectivity index (χ4n) is 1.69. The lowest BCUT2D eigenvalue weighted by Gasteiger charge is -2.07. The van der Waals surface area contributed by atoms with Gasteiger partial charge in [0.15, 0.2) is 0 Å². The Morgan fingerprint density at radius 3 is 2.33 bits per heavy atom. The first kappa shape index (κ1) is 14.6. The van der Waals surface area contributed by atoms with Crippen molar-refractivity contribution in [1.29, 1.82) is 5.26 Å². The van der Waals surface area contributed by atoms with E-state index in [1.165, 1.54) is 18.2 Å². The predicted octanol–water partition coefficient (Wildman–Crippen LogP) is 2.56. The highest BCUT2D eigenvalue weighted by atomic mass is 35.5. The number of hydrogen-bond donors (Lipinski definition) is 2. The molecule has 5 nitrogen and oxygen atoms in total. The van der Waals surface area contributed by atoms with Gasteiger partial charge in [0.1, 0.15) is 0 Å². The van der Waals surface area contributed by atoms with Crippen molar-refractivity contribution in [2.45, 2.75) is 0 Å². The van der Waals surface area contributed by atoms with Gasteiger partial charge in [0.25, 0.3) is 5.91 Å². The van der Waals surface area contributed by atoms with Gasteiger partial charge in [-0.2, -0.15) is 5.26 Å². The lowest BCUT2D eigenvalue weighted by Crippen LogP contribution is -2.14. The summed E-state index contributed by atoms with van der Waals surface area (Å²) >= 11 is 5.91. The summed E-state index contributed by atoms with van der Waals surface area (Å²) in [6.45, 7) is 0. The number of nitriles is 1. The van der Waals surface area contributed by atoms with Gasteiger partial charge in [-0.05, 0) is 42.5 Å². The maximum absolute atomic E-state index is 12.0. The Bertz CT molecular complexity index is 749. The van der Waals surface area contributed by atoms with Gasteiger partial charge in [-0.15, -0.1) is 0 Å². The summed E-state index contributed by atoms with van der Waals surface area (Å²) in [6.07, 6.45) is 0. The molecule has 104 valence electrons. The molecule has 0 spiro atoms. The second kappa shape index (κ2) is 6.07. The Morgan fingerprint density at radius 1 is 1.14 bits per heavy atom. The average molecular weight is 300 g/mol. The van der Waals surface area contributed by atoms with E-state index in [1.807, 2.05) is 6.07 Å². The summed E-state index contributed by atoms with van der Waals surface area (Å²) < 4.78 is 0. The molecule has 0 aromatic heterocycles. The van der Waals surface area contributed by atoms with Crippen molar-refractivity contribution in [3.63, 3.8) is 0 Å². The van der Waals surface area contributed by atoms with Gasteiger partial charge in [-0.25, -0.2) is 0 Å². The minimum atomic E-state index is -0.634. The molecule has 0 saturated carbocycles. The molecule has 0 aliphatic carbocycles. The first-order valence-electron chi connectivity index (χ1n) is 5.92. The van der Waals surface area contributed by atoms with Crippen LogP contribution in [0, 0.1) is 11.3 Å². The molecule has 2 rings (SSSR count). The number of carbonyl (C=O) groups is 2.